The van der Waals surface area contributed by atoms with E-state index in [0.717, 1.165) is 5.69 Å². The second kappa shape index (κ2) is 6.86. The Morgan fingerprint density at radius 2 is 2.12 bits per heavy atom. The van der Waals surface area contributed by atoms with Crippen LogP contribution in [0.4, 0.5) is 5.69 Å². The Kier molecular flexibility index (Phi) is 4.62. The second-order valence-electron chi connectivity index (χ2n) is 5.42. The molecule has 0 bridgehead atoms. The molecule has 2 aromatic heterocycles. The maximum Gasteiger partial charge on any atom is 0.338 e. The first-order valence-corrected chi connectivity index (χ1v) is 8.33. The van der Waals surface area contributed by atoms with Gasteiger partial charge in [0.1, 0.15) is 6.61 Å². The molecule has 0 saturated carbocycles. The van der Waals surface area contributed by atoms with E-state index in [4.69, 9.17) is 4.74 Å². The molecule has 1 aromatic carbocycles. The number of thiazole rings is 1. The zero-order chi connectivity index (χ0) is 18.0. The third-order valence-electron chi connectivity index (χ3n) is 3.40. The highest BCUT2D eigenvalue weighted by Crippen LogP contribution is 2.14. The van der Waals surface area contributed by atoms with Gasteiger partial charge in [0, 0.05) is 29.8 Å². The second-order valence-corrected chi connectivity index (χ2v) is 6.26. The summed E-state index contributed by atoms with van der Waals surface area (Å²) in [5.41, 5.74) is 1.81. The van der Waals surface area contributed by atoms with Gasteiger partial charge < -0.3 is 10.1 Å². The number of amides is 1. The molecule has 0 atom stereocenters. The zero-order valence-corrected chi connectivity index (χ0v) is 14.4. The van der Waals surface area contributed by atoms with Gasteiger partial charge in [-0.3, -0.25) is 14.0 Å². The lowest BCUT2D eigenvalue weighted by atomic mass is 10.2. The van der Waals surface area contributed by atoms with E-state index in [0.29, 0.717) is 21.9 Å². The van der Waals surface area contributed by atoms with Gasteiger partial charge in [-0.15, -0.1) is 11.3 Å². The lowest BCUT2D eigenvalue weighted by molar-refractivity contribution is -0.114. The molecule has 25 heavy (non-hydrogen) atoms. The molecule has 0 spiro atoms. The van der Waals surface area contributed by atoms with Crippen LogP contribution in [0.5, 0.6) is 0 Å². The molecule has 0 aliphatic heterocycles. The fraction of sp³-hybridized carbons (Fsp3) is 0.176. The van der Waals surface area contributed by atoms with Crippen LogP contribution in [0.15, 0.2) is 40.5 Å². The van der Waals surface area contributed by atoms with Gasteiger partial charge in [-0.25, -0.2) is 9.78 Å². The van der Waals surface area contributed by atoms with E-state index in [-0.39, 0.29) is 18.1 Å². The van der Waals surface area contributed by atoms with Crippen molar-refractivity contribution in [1.29, 1.82) is 0 Å². The molecule has 3 rings (SSSR count). The maximum absolute atomic E-state index is 12.2. The fourth-order valence-corrected chi connectivity index (χ4v) is 3.22. The quantitative estimate of drug-likeness (QED) is 0.724. The molecular formula is C17H15N3O4S. The minimum atomic E-state index is -0.559. The number of esters is 1. The molecule has 0 fully saturated rings. The van der Waals surface area contributed by atoms with Crippen molar-refractivity contribution in [1.82, 2.24) is 9.38 Å². The van der Waals surface area contributed by atoms with Crippen LogP contribution in [0.1, 0.15) is 28.7 Å². The molecule has 3 aromatic rings. The van der Waals surface area contributed by atoms with Crippen LogP contribution in [0, 0.1) is 6.92 Å². The summed E-state index contributed by atoms with van der Waals surface area (Å²) in [7, 11) is 0. The molecule has 7 nitrogen and oxygen atoms in total. The van der Waals surface area contributed by atoms with E-state index < -0.39 is 5.97 Å². The minimum absolute atomic E-state index is 0.105. The number of nitrogens with zero attached hydrogens (tertiary/aromatic N) is 2. The maximum atomic E-state index is 12.2. The van der Waals surface area contributed by atoms with Gasteiger partial charge in [-0.2, -0.15) is 0 Å². The predicted octanol–water partition coefficient (Wildman–Crippen LogP) is 2.38. The first-order chi connectivity index (χ1) is 11.9. The van der Waals surface area contributed by atoms with Crippen LogP contribution >= 0.6 is 11.3 Å². The molecule has 128 valence electrons. The number of nitrogens with one attached hydrogen (secondary N) is 1. The van der Waals surface area contributed by atoms with Gasteiger partial charge in [0.15, 0.2) is 4.96 Å². The zero-order valence-electron chi connectivity index (χ0n) is 13.6. The van der Waals surface area contributed by atoms with Gasteiger partial charge >= 0.3 is 5.97 Å². The minimum Gasteiger partial charge on any atom is -0.456 e. The monoisotopic (exact) mass is 357 g/mol. The highest BCUT2D eigenvalue weighted by Gasteiger charge is 2.11. The first kappa shape index (κ1) is 16.8. The molecule has 8 heteroatoms. The summed E-state index contributed by atoms with van der Waals surface area (Å²) in [5, 5.41) is 4.44. The SMILES string of the molecule is CC(=O)Nc1cccc(C(=O)OCc2cc(=O)n3c(C)csc3n2)c1. The average molecular weight is 357 g/mol. The Bertz CT molecular complexity index is 1020. The van der Waals surface area contributed by atoms with Crippen molar-refractivity contribution in [3.05, 3.63) is 63.0 Å². The van der Waals surface area contributed by atoms with Crippen LogP contribution in [0.3, 0.4) is 0 Å². The van der Waals surface area contributed by atoms with Crippen LogP contribution in [0.2, 0.25) is 0 Å². The van der Waals surface area contributed by atoms with Gasteiger partial charge in [0.2, 0.25) is 5.91 Å². The standard InChI is InChI=1S/C17H15N3O4S/c1-10-9-25-17-19-14(7-15(22)20(10)17)8-24-16(23)12-4-3-5-13(6-12)18-11(2)21/h3-7,9H,8H2,1-2H3,(H,18,21). The van der Waals surface area contributed by atoms with Crippen molar-refractivity contribution in [3.8, 4) is 0 Å². The largest absolute Gasteiger partial charge is 0.456 e. The number of hydrogen-bond acceptors (Lipinski definition) is 6. The molecule has 0 aliphatic rings. The van der Waals surface area contributed by atoms with Crippen molar-refractivity contribution >= 4 is 33.9 Å². The molecule has 0 aliphatic carbocycles. The number of benzene rings is 1. The van der Waals surface area contributed by atoms with Crippen molar-refractivity contribution in [3.63, 3.8) is 0 Å². The molecule has 1 amide bonds. The van der Waals surface area contributed by atoms with Crippen LogP contribution in [-0.2, 0) is 16.1 Å². The lowest BCUT2D eigenvalue weighted by Gasteiger charge is -2.07. The highest BCUT2D eigenvalue weighted by molar-refractivity contribution is 7.15. The summed E-state index contributed by atoms with van der Waals surface area (Å²) in [6.45, 7) is 3.11. The molecule has 0 saturated heterocycles. The lowest BCUT2D eigenvalue weighted by Crippen LogP contribution is -2.16. The Morgan fingerprint density at radius 3 is 2.88 bits per heavy atom. The summed E-state index contributed by atoms with van der Waals surface area (Å²) in [6, 6.07) is 7.79. The normalized spacial score (nSPS) is 10.6. The van der Waals surface area contributed by atoms with Gasteiger partial charge in [0.05, 0.1) is 11.3 Å². The molecular weight excluding hydrogens is 342 g/mol. The fourth-order valence-electron chi connectivity index (χ4n) is 2.32. The van der Waals surface area contributed by atoms with E-state index in [1.807, 2.05) is 12.3 Å². The van der Waals surface area contributed by atoms with Crippen molar-refractivity contribution < 1.29 is 14.3 Å². The number of carbonyl (C=O) groups excluding carboxylic acids is 2. The van der Waals surface area contributed by atoms with Crippen molar-refractivity contribution in [2.45, 2.75) is 20.5 Å². The van der Waals surface area contributed by atoms with E-state index in [2.05, 4.69) is 10.3 Å². The Morgan fingerprint density at radius 1 is 1.32 bits per heavy atom. The third kappa shape index (κ3) is 3.74. The smallest absolute Gasteiger partial charge is 0.338 e. The Hall–Kier alpha value is -3.00. The summed E-state index contributed by atoms with van der Waals surface area (Å²) in [6.07, 6.45) is 0. The van der Waals surface area contributed by atoms with Crippen molar-refractivity contribution in [2.75, 3.05) is 5.32 Å². The topological polar surface area (TPSA) is 89.8 Å². The van der Waals surface area contributed by atoms with Gasteiger partial charge in [-0.1, -0.05) is 6.07 Å². The van der Waals surface area contributed by atoms with Crippen molar-refractivity contribution in [2.24, 2.45) is 0 Å². The highest BCUT2D eigenvalue weighted by atomic mass is 32.1. The number of aryl methyl sites for hydroxylation is 1. The molecule has 2 heterocycles. The van der Waals surface area contributed by atoms with Crippen LogP contribution in [0.25, 0.3) is 4.96 Å². The summed E-state index contributed by atoms with van der Waals surface area (Å²) in [4.78, 5) is 40.2. The number of hydrogen-bond donors (Lipinski definition) is 1. The van der Waals surface area contributed by atoms with Gasteiger partial charge in [0.25, 0.3) is 5.56 Å². The Balaban J connectivity index is 1.74. The number of aromatic nitrogens is 2. The number of ether oxygens (including phenoxy) is 1. The van der Waals surface area contributed by atoms with E-state index >= 15 is 0 Å². The number of fused-ring (bicyclic) bond motifs is 1. The first-order valence-electron chi connectivity index (χ1n) is 7.45. The van der Waals surface area contributed by atoms with E-state index in [9.17, 15) is 14.4 Å². The van der Waals surface area contributed by atoms with Crippen LogP contribution < -0.4 is 10.9 Å². The van der Waals surface area contributed by atoms with E-state index in [1.54, 1.807) is 18.2 Å². The number of anilines is 1. The molecule has 1 N–H and O–H groups in total. The molecule has 0 radical (unpaired) electrons. The summed E-state index contributed by atoms with van der Waals surface area (Å²) >= 11 is 1.35. The average Bonchev–Trinajstić information content (AvgIpc) is 2.94. The summed E-state index contributed by atoms with van der Waals surface area (Å²) in [5.74, 6) is -0.786. The Labute approximate surface area is 146 Å². The summed E-state index contributed by atoms with van der Waals surface area (Å²) < 4.78 is 6.73. The third-order valence-corrected chi connectivity index (χ3v) is 4.34. The van der Waals surface area contributed by atoms with E-state index in [1.165, 1.54) is 34.8 Å². The molecule has 0 unspecified atom stereocenters. The number of carbonyl (C=O) groups is 2. The predicted molar refractivity (Wildman–Crippen MR) is 93.9 cm³/mol. The number of rotatable bonds is 4. The van der Waals surface area contributed by atoms with Gasteiger partial charge in [-0.05, 0) is 25.1 Å². The van der Waals surface area contributed by atoms with Crippen LogP contribution in [-0.4, -0.2) is 21.3 Å².